The molecule has 0 heterocycles. The summed E-state index contributed by atoms with van der Waals surface area (Å²) in [7, 11) is 0. The van der Waals surface area contributed by atoms with Crippen LogP contribution in [-0.4, -0.2) is 15.8 Å². The van der Waals surface area contributed by atoms with E-state index < -0.39 is 15.5 Å². The van der Waals surface area contributed by atoms with Gasteiger partial charge in [-0.05, 0) is 18.9 Å². The average molecular weight is 324 g/mol. The topological polar surface area (TPSA) is 127 Å². The highest BCUT2D eigenvalue weighted by Gasteiger charge is 2.21. The minimum Gasteiger partial charge on any atom is -0.292 e. The lowest BCUT2D eigenvalue weighted by Gasteiger charge is -2.15. The van der Waals surface area contributed by atoms with E-state index in [0.717, 1.165) is 31.4 Å². The molecule has 1 atom stereocenters. The summed E-state index contributed by atoms with van der Waals surface area (Å²) in [4.78, 5) is 32.3. The van der Waals surface area contributed by atoms with Gasteiger partial charge >= 0.3 is 5.69 Å². The van der Waals surface area contributed by atoms with Crippen LogP contribution in [0, 0.1) is 26.1 Å². The second-order valence-electron chi connectivity index (χ2n) is 5.08. The Morgan fingerprint density at radius 2 is 1.91 bits per heavy atom. The van der Waals surface area contributed by atoms with Crippen molar-refractivity contribution in [1.82, 2.24) is 5.43 Å². The van der Waals surface area contributed by atoms with Crippen LogP contribution >= 0.6 is 0 Å². The summed E-state index contributed by atoms with van der Waals surface area (Å²) in [5, 5.41) is 21.7. The first-order valence-electron chi connectivity index (χ1n) is 7.39. The average Bonchev–Trinajstić information content (AvgIpc) is 2.53. The summed E-state index contributed by atoms with van der Waals surface area (Å²) in [6.45, 7) is 3.93. The lowest BCUT2D eigenvalue weighted by atomic mass is 9.99. The molecule has 0 saturated heterocycles. The predicted molar refractivity (Wildman–Crippen MR) is 84.8 cm³/mol. The summed E-state index contributed by atoms with van der Waals surface area (Å²) in [5.41, 5.74) is 4.07. The molecule has 9 nitrogen and oxygen atoms in total. The van der Waals surface area contributed by atoms with Crippen LogP contribution in [0.1, 0.15) is 39.5 Å². The highest BCUT2D eigenvalue weighted by molar-refractivity contribution is 5.80. The van der Waals surface area contributed by atoms with Crippen molar-refractivity contribution in [1.29, 1.82) is 0 Å². The lowest BCUT2D eigenvalue weighted by Crippen LogP contribution is -2.35. The minimum atomic E-state index is -0.740. The van der Waals surface area contributed by atoms with Crippen LogP contribution < -0.4 is 10.9 Å². The number of benzene rings is 1. The molecule has 126 valence electrons. The van der Waals surface area contributed by atoms with Crippen LogP contribution in [0.4, 0.5) is 17.1 Å². The fourth-order valence-electron chi connectivity index (χ4n) is 2.09. The van der Waals surface area contributed by atoms with Gasteiger partial charge in [0.05, 0.1) is 15.9 Å². The van der Waals surface area contributed by atoms with Crippen molar-refractivity contribution in [2.75, 3.05) is 5.43 Å². The lowest BCUT2D eigenvalue weighted by molar-refractivity contribution is -0.393. The third-order valence-corrected chi connectivity index (χ3v) is 3.48. The van der Waals surface area contributed by atoms with Gasteiger partial charge < -0.3 is 0 Å². The molecule has 1 rings (SSSR count). The van der Waals surface area contributed by atoms with E-state index in [1.165, 1.54) is 6.07 Å². The fourth-order valence-corrected chi connectivity index (χ4v) is 2.09. The number of carbonyl (C=O) groups is 1. The van der Waals surface area contributed by atoms with Crippen molar-refractivity contribution in [3.05, 3.63) is 38.4 Å². The number of hydrogen-bond donors (Lipinski definition) is 2. The van der Waals surface area contributed by atoms with Gasteiger partial charge in [-0.15, -0.1) is 0 Å². The maximum absolute atomic E-state index is 12.1. The van der Waals surface area contributed by atoms with Crippen LogP contribution in [-0.2, 0) is 4.79 Å². The maximum atomic E-state index is 12.1. The van der Waals surface area contributed by atoms with Gasteiger partial charge in [-0.25, -0.2) is 0 Å². The molecule has 0 aliphatic heterocycles. The molecule has 0 bridgehead atoms. The number of unbranched alkanes of at least 4 members (excludes halogenated alkanes) is 1. The Morgan fingerprint density at radius 3 is 2.43 bits per heavy atom. The highest BCUT2D eigenvalue weighted by Crippen LogP contribution is 2.28. The molecule has 0 aliphatic rings. The zero-order chi connectivity index (χ0) is 17.4. The van der Waals surface area contributed by atoms with Crippen molar-refractivity contribution < 1.29 is 14.6 Å². The van der Waals surface area contributed by atoms with E-state index in [2.05, 4.69) is 10.9 Å². The number of nitro groups is 2. The molecular weight excluding hydrogens is 304 g/mol. The molecule has 23 heavy (non-hydrogen) atoms. The Hall–Kier alpha value is -2.71. The van der Waals surface area contributed by atoms with Gasteiger partial charge in [0, 0.05) is 12.0 Å². The van der Waals surface area contributed by atoms with Crippen LogP contribution in [0.5, 0.6) is 0 Å². The summed E-state index contributed by atoms with van der Waals surface area (Å²) >= 11 is 0. The van der Waals surface area contributed by atoms with E-state index in [-0.39, 0.29) is 23.2 Å². The standard InChI is InChI=1S/C14H20N4O5/c1-3-5-6-10(4-2)14(19)16-15-12-8-7-11(17(20)21)9-13(12)18(22)23/h7-10,15H,3-6H2,1-2H3,(H,16,19). The van der Waals surface area contributed by atoms with Crippen LogP contribution in [0.15, 0.2) is 18.2 Å². The van der Waals surface area contributed by atoms with Crippen LogP contribution in [0.3, 0.4) is 0 Å². The molecule has 0 aromatic heterocycles. The Balaban J connectivity index is 2.82. The van der Waals surface area contributed by atoms with E-state index in [9.17, 15) is 25.0 Å². The largest absolute Gasteiger partial charge is 0.300 e. The minimum absolute atomic E-state index is 0.000653. The van der Waals surface area contributed by atoms with Crippen molar-refractivity contribution in [2.24, 2.45) is 5.92 Å². The van der Waals surface area contributed by atoms with Gasteiger partial charge in [0.25, 0.3) is 5.69 Å². The molecule has 0 radical (unpaired) electrons. The number of rotatable bonds is 9. The number of nitro benzene ring substituents is 2. The smallest absolute Gasteiger partial charge is 0.292 e. The number of non-ortho nitro benzene ring substituents is 1. The van der Waals surface area contributed by atoms with Crippen molar-refractivity contribution in [2.45, 2.75) is 39.5 Å². The molecule has 0 saturated carbocycles. The van der Waals surface area contributed by atoms with Gasteiger partial charge in [0.2, 0.25) is 5.91 Å². The van der Waals surface area contributed by atoms with E-state index >= 15 is 0 Å². The Bertz CT molecular complexity index is 591. The first-order valence-corrected chi connectivity index (χ1v) is 7.39. The molecule has 1 aromatic carbocycles. The molecular formula is C14H20N4O5. The fraction of sp³-hybridized carbons (Fsp3) is 0.500. The second kappa shape index (κ2) is 8.66. The number of anilines is 1. The second-order valence-corrected chi connectivity index (χ2v) is 5.08. The maximum Gasteiger partial charge on any atom is 0.300 e. The summed E-state index contributed by atoms with van der Waals surface area (Å²) in [6, 6.07) is 3.18. The van der Waals surface area contributed by atoms with E-state index in [1.54, 1.807) is 0 Å². The first kappa shape index (κ1) is 18.3. The highest BCUT2D eigenvalue weighted by atomic mass is 16.6. The normalized spacial score (nSPS) is 11.6. The van der Waals surface area contributed by atoms with E-state index in [4.69, 9.17) is 0 Å². The van der Waals surface area contributed by atoms with Gasteiger partial charge in [0.1, 0.15) is 5.69 Å². The van der Waals surface area contributed by atoms with Crippen molar-refractivity contribution in [3.63, 3.8) is 0 Å². The summed E-state index contributed by atoms with van der Waals surface area (Å²) in [5.74, 6) is -0.437. The zero-order valence-corrected chi connectivity index (χ0v) is 13.1. The number of nitrogens with one attached hydrogen (secondary N) is 2. The number of amides is 1. The molecule has 2 N–H and O–H groups in total. The first-order chi connectivity index (χ1) is 10.9. The molecule has 9 heteroatoms. The van der Waals surface area contributed by atoms with E-state index in [1.807, 2.05) is 13.8 Å². The van der Waals surface area contributed by atoms with Gasteiger partial charge in [-0.2, -0.15) is 0 Å². The predicted octanol–water partition coefficient (Wildman–Crippen LogP) is 3.16. The van der Waals surface area contributed by atoms with Gasteiger partial charge in [-0.1, -0.05) is 26.7 Å². The molecule has 1 aromatic rings. The third kappa shape index (κ3) is 5.20. The number of hydrogen-bond acceptors (Lipinski definition) is 6. The molecule has 1 amide bonds. The molecule has 0 spiro atoms. The van der Waals surface area contributed by atoms with Crippen LogP contribution in [0.2, 0.25) is 0 Å². The van der Waals surface area contributed by atoms with E-state index in [0.29, 0.717) is 6.42 Å². The van der Waals surface area contributed by atoms with Crippen LogP contribution in [0.25, 0.3) is 0 Å². The molecule has 1 unspecified atom stereocenters. The molecule has 0 aliphatic carbocycles. The number of carbonyl (C=O) groups excluding carboxylic acids is 1. The summed E-state index contributed by atoms with van der Waals surface area (Å²) in [6.07, 6.45) is 3.30. The summed E-state index contributed by atoms with van der Waals surface area (Å²) < 4.78 is 0. The Kier molecular flexibility index (Phi) is 6.91. The van der Waals surface area contributed by atoms with Crippen molar-refractivity contribution >= 4 is 23.0 Å². The monoisotopic (exact) mass is 324 g/mol. The van der Waals surface area contributed by atoms with Crippen molar-refractivity contribution in [3.8, 4) is 0 Å². The number of nitrogens with zero attached hydrogens (tertiary/aromatic N) is 2. The zero-order valence-electron chi connectivity index (χ0n) is 13.1. The SMILES string of the molecule is CCCCC(CC)C(=O)NNc1ccc([N+](=O)[O-])cc1[N+](=O)[O-]. The molecule has 0 fully saturated rings. The quantitative estimate of drug-likeness (QED) is 0.530. The van der Waals surface area contributed by atoms with Gasteiger partial charge in [-0.3, -0.25) is 35.9 Å². The number of hydrazine groups is 1. The third-order valence-electron chi connectivity index (χ3n) is 3.48. The van der Waals surface area contributed by atoms with Gasteiger partial charge in [0.15, 0.2) is 0 Å². The Labute approximate surface area is 133 Å². The Morgan fingerprint density at radius 1 is 1.22 bits per heavy atom.